The molecule has 28 heavy (non-hydrogen) atoms. The van der Waals surface area contributed by atoms with Gasteiger partial charge in [-0.15, -0.1) is 0 Å². The molecule has 1 saturated heterocycles. The molecule has 2 aliphatic rings. The van der Waals surface area contributed by atoms with E-state index in [1.807, 2.05) is 36.9 Å². The number of ketones is 1. The van der Waals surface area contributed by atoms with Crippen LogP contribution in [0.5, 0.6) is 11.5 Å². The summed E-state index contributed by atoms with van der Waals surface area (Å²) in [7, 11) is 0. The number of aryl methyl sites for hydroxylation is 2. The Bertz CT molecular complexity index is 917. The van der Waals surface area contributed by atoms with Gasteiger partial charge in [0, 0.05) is 37.3 Å². The quantitative estimate of drug-likeness (QED) is 0.764. The summed E-state index contributed by atoms with van der Waals surface area (Å²) < 4.78 is 10.7. The van der Waals surface area contributed by atoms with E-state index in [-0.39, 0.29) is 18.5 Å². The zero-order valence-electron chi connectivity index (χ0n) is 16.2. The molecule has 0 N–H and O–H groups in total. The second-order valence-electron chi connectivity index (χ2n) is 7.36. The van der Waals surface area contributed by atoms with Crippen LogP contribution in [0.2, 0.25) is 0 Å². The fourth-order valence-electron chi connectivity index (χ4n) is 3.53. The molecule has 4 rings (SSSR count). The Labute approximate surface area is 164 Å². The molecule has 6 heteroatoms. The van der Waals surface area contributed by atoms with Crippen molar-refractivity contribution in [1.82, 2.24) is 9.80 Å². The van der Waals surface area contributed by atoms with Crippen molar-refractivity contribution in [3.05, 3.63) is 58.7 Å². The minimum absolute atomic E-state index is 0.0153. The van der Waals surface area contributed by atoms with Crippen molar-refractivity contribution in [2.24, 2.45) is 0 Å². The van der Waals surface area contributed by atoms with Crippen LogP contribution < -0.4 is 9.47 Å². The number of amides is 1. The van der Waals surface area contributed by atoms with Crippen molar-refractivity contribution < 1.29 is 19.1 Å². The Morgan fingerprint density at radius 1 is 0.857 bits per heavy atom. The first-order valence-corrected chi connectivity index (χ1v) is 9.53. The number of benzene rings is 2. The summed E-state index contributed by atoms with van der Waals surface area (Å²) >= 11 is 0. The van der Waals surface area contributed by atoms with Crippen LogP contribution in [0.1, 0.15) is 31.8 Å². The van der Waals surface area contributed by atoms with Crippen molar-refractivity contribution in [3.63, 3.8) is 0 Å². The van der Waals surface area contributed by atoms with Crippen LogP contribution in [-0.2, 0) is 0 Å². The first-order valence-electron chi connectivity index (χ1n) is 9.53. The molecule has 0 spiro atoms. The molecule has 1 amide bonds. The molecule has 2 aromatic rings. The lowest BCUT2D eigenvalue weighted by Crippen LogP contribution is -2.49. The highest BCUT2D eigenvalue weighted by Gasteiger charge is 2.25. The van der Waals surface area contributed by atoms with Gasteiger partial charge in [0.25, 0.3) is 5.91 Å². The van der Waals surface area contributed by atoms with Gasteiger partial charge in [-0.3, -0.25) is 14.5 Å². The van der Waals surface area contributed by atoms with E-state index < -0.39 is 0 Å². The number of carbonyl (C=O) groups excluding carboxylic acids is 2. The highest BCUT2D eigenvalue weighted by molar-refractivity contribution is 5.98. The van der Waals surface area contributed by atoms with Crippen LogP contribution in [0.15, 0.2) is 36.4 Å². The Balaban J connectivity index is 1.33. The second kappa shape index (κ2) is 7.64. The third kappa shape index (κ3) is 3.73. The summed E-state index contributed by atoms with van der Waals surface area (Å²) in [5.74, 6) is 1.40. The Morgan fingerprint density at radius 2 is 1.57 bits per heavy atom. The Hall–Kier alpha value is -2.86. The topological polar surface area (TPSA) is 59.1 Å². The maximum absolute atomic E-state index is 12.8. The van der Waals surface area contributed by atoms with Crippen LogP contribution in [0.25, 0.3) is 0 Å². The van der Waals surface area contributed by atoms with Crippen molar-refractivity contribution in [2.45, 2.75) is 13.8 Å². The van der Waals surface area contributed by atoms with Crippen molar-refractivity contribution in [1.29, 1.82) is 0 Å². The van der Waals surface area contributed by atoms with Gasteiger partial charge in [0.15, 0.2) is 17.3 Å². The third-order valence-electron chi connectivity index (χ3n) is 5.48. The maximum atomic E-state index is 12.8. The summed E-state index contributed by atoms with van der Waals surface area (Å²) in [6, 6.07) is 11.1. The van der Waals surface area contributed by atoms with E-state index in [0.717, 1.165) is 11.1 Å². The molecule has 0 aromatic heterocycles. The molecule has 0 unspecified atom stereocenters. The van der Waals surface area contributed by atoms with Crippen LogP contribution in [0.4, 0.5) is 0 Å². The van der Waals surface area contributed by atoms with Gasteiger partial charge in [-0.1, -0.05) is 12.1 Å². The van der Waals surface area contributed by atoms with E-state index in [2.05, 4.69) is 4.90 Å². The molecule has 0 atom stereocenters. The van der Waals surface area contributed by atoms with Crippen LogP contribution in [0, 0.1) is 13.8 Å². The molecule has 0 aliphatic carbocycles. The second-order valence-corrected chi connectivity index (χ2v) is 7.36. The fourth-order valence-corrected chi connectivity index (χ4v) is 3.53. The van der Waals surface area contributed by atoms with Gasteiger partial charge in [-0.2, -0.15) is 0 Å². The molecule has 146 valence electrons. The third-order valence-corrected chi connectivity index (χ3v) is 5.48. The molecule has 0 saturated carbocycles. The molecular formula is C22H24N2O4. The SMILES string of the molecule is Cc1ccc(C(=O)CN2CCN(C(=O)c3ccc4c(c3)OCO4)CC2)cc1C. The minimum atomic E-state index is -0.0153. The molecule has 2 aliphatic heterocycles. The van der Waals surface area contributed by atoms with Gasteiger partial charge in [-0.05, 0) is 49.2 Å². The molecule has 1 fully saturated rings. The molecule has 2 aromatic carbocycles. The van der Waals surface area contributed by atoms with Gasteiger partial charge in [0.1, 0.15) is 0 Å². The standard InChI is InChI=1S/C22H24N2O4/c1-15-3-4-17(11-16(15)2)19(25)13-23-7-9-24(10-8-23)22(26)18-5-6-20-21(12-18)28-14-27-20/h3-6,11-12H,7-10,13-14H2,1-2H3. The lowest BCUT2D eigenvalue weighted by molar-refractivity contribution is 0.0624. The summed E-state index contributed by atoms with van der Waals surface area (Å²) in [5, 5.41) is 0. The van der Waals surface area contributed by atoms with E-state index in [1.54, 1.807) is 18.2 Å². The van der Waals surface area contributed by atoms with E-state index in [4.69, 9.17) is 9.47 Å². The Morgan fingerprint density at radius 3 is 2.32 bits per heavy atom. The zero-order valence-corrected chi connectivity index (χ0v) is 16.2. The van der Waals surface area contributed by atoms with Gasteiger partial charge >= 0.3 is 0 Å². The average molecular weight is 380 g/mol. The van der Waals surface area contributed by atoms with Crippen LogP contribution in [-0.4, -0.2) is 61.0 Å². The first kappa shape index (κ1) is 18.5. The predicted octanol–water partition coefficient (Wildman–Crippen LogP) is 2.67. The van der Waals surface area contributed by atoms with E-state index in [0.29, 0.717) is 49.8 Å². The van der Waals surface area contributed by atoms with Crippen molar-refractivity contribution in [2.75, 3.05) is 39.5 Å². The van der Waals surface area contributed by atoms with Crippen LogP contribution >= 0.6 is 0 Å². The number of carbonyl (C=O) groups is 2. The molecule has 2 heterocycles. The van der Waals surface area contributed by atoms with Gasteiger partial charge in [-0.25, -0.2) is 0 Å². The fraction of sp³-hybridized carbons (Fsp3) is 0.364. The maximum Gasteiger partial charge on any atom is 0.254 e. The summed E-state index contributed by atoms with van der Waals surface area (Å²) in [5.41, 5.74) is 3.67. The number of Topliss-reactive ketones (excluding diaryl/α,β-unsaturated/α-hetero) is 1. The summed E-state index contributed by atoms with van der Waals surface area (Å²) in [6.07, 6.45) is 0. The van der Waals surface area contributed by atoms with E-state index in [9.17, 15) is 9.59 Å². The van der Waals surface area contributed by atoms with Gasteiger partial charge < -0.3 is 14.4 Å². The average Bonchev–Trinajstić information content (AvgIpc) is 3.18. The number of rotatable bonds is 4. The number of ether oxygens (including phenoxy) is 2. The highest BCUT2D eigenvalue weighted by atomic mass is 16.7. The zero-order chi connectivity index (χ0) is 19.7. The largest absolute Gasteiger partial charge is 0.454 e. The van der Waals surface area contributed by atoms with Gasteiger partial charge in [0.05, 0.1) is 6.54 Å². The number of nitrogens with zero attached hydrogens (tertiary/aromatic N) is 2. The lowest BCUT2D eigenvalue weighted by atomic mass is 10.0. The number of hydrogen-bond acceptors (Lipinski definition) is 5. The van der Waals surface area contributed by atoms with Crippen molar-refractivity contribution >= 4 is 11.7 Å². The number of fused-ring (bicyclic) bond motifs is 1. The predicted molar refractivity (Wildman–Crippen MR) is 105 cm³/mol. The van der Waals surface area contributed by atoms with Crippen molar-refractivity contribution in [3.8, 4) is 11.5 Å². The van der Waals surface area contributed by atoms with Crippen LogP contribution in [0.3, 0.4) is 0 Å². The molecule has 0 bridgehead atoms. The Kier molecular flexibility index (Phi) is 5.05. The monoisotopic (exact) mass is 380 g/mol. The van der Waals surface area contributed by atoms with E-state index in [1.165, 1.54) is 5.56 Å². The van der Waals surface area contributed by atoms with E-state index >= 15 is 0 Å². The lowest BCUT2D eigenvalue weighted by Gasteiger charge is -2.34. The minimum Gasteiger partial charge on any atom is -0.454 e. The summed E-state index contributed by atoms with van der Waals surface area (Å²) in [4.78, 5) is 29.3. The summed E-state index contributed by atoms with van der Waals surface area (Å²) in [6.45, 7) is 7.22. The molecular weight excluding hydrogens is 356 g/mol. The normalized spacial score (nSPS) is 16.3. The first-order chi connectivity index (χ1) is 13.5. The molecule has 6 nitrogen and oxygen atoms in total. The smallest absolute Gasteiger partial charge is 0.254 e. The number of piperazine rings is 1. The van der Waals surface area contributed by atoms with Gasteiger partial charge in [0.2, 0.25) is 6.79 Å². The highest BCUT2D eigenvalue weighted by Crippen LogP contribution is 2.32. The number of hydrogen-bond donors (Lipinski definition) is 0. The molecule has 0 radical (unpaired) electrons.